The van der Waals surface area contributed by atoms with Crippen LogP contribution < -0.4 is 0 Å². The highest BCUT2D eigenvalue weighted by atomic mass is 16.6. The molecule has 1 aliphatic heterocycles. The van der Waals surface area contributed by atoms with E-state index in [-0.39, 0.29) is 34.5 Å². The monoisotopic (exact) mass is 358 g/mol. The molecule has 0 radical (unpaired) electrons. The molecule has 0 bridgehead atoms. The molecule has 1 atom stereocenters. The van der Waals surface area contributed by atoms with Gasteiger partial charge in [0.05, 0.1) is 11.5 Å². The van der Waals surface area contributed by atoms with Gasteiger partial charge in [0, 0.05) is 18.4 Å². The molecule has 0 saturated carbocycles. The first-order valence-corrected chi connectivity index (χ1v) is 8.04. The third kappa shape index (κ3) is 2.96. The van der Waals surface area contributed by atoms with E-state index in [1.807, 2.05) is 13.8 Å². The minimum absolute atomic E-state index is 0.0380. The van der Waals surface area contributed by atoms with Crippen molar-refractivity contribution >= 4 is 17.7 Å². The Morgan fingerprint density at radius 2 is 1.85 bits per heavy atom. The number of hydrogen-bond donors (Lipinski definition) is 3. The Kier molecular flexibility index (Phi) is 4.10. The lowest BCUT2D eigenvalue weighted by Crippen LogP contribution is -2.34. The van der Waals surface area contributed by atoms with E-state index >= 15 is 0 Å². The van der Waals surface area contributed by atoms with Gasteiger partial charge in [0.1, 0.15) is 11.3 Å². The summed E-state index contributed by atoms with van der Waals surface area (Å²) in [7, 11) is 0. The van der Waals surface area contributed by atoms with Gasteiger partial charge in [0.2, 0.25) is 0 Å². The number of carbonyl (C=O) groups is 3. The van der Waals surface area contributed by atoms with Crippen molar-refractivity contribution in [2.24, 2.45) is 5.41 Å². The van der Waals surface area contributed by atoms with Gasteiger partial charge in [-0.05, 0) is 23.1 Å². The maximum atomic E-state index is 12.8. The lowest BCUT2D eigenvalue weighted by molar-refractivity contribution is -0.133. The SMILES string of the molecule is CC1(C)CC(=O)C2=C(C1)OC(O)=C(C(=O)O)C2c1cccc(C(=O)O)c1. The van der Waals surface area contributed by atoms with Crippen LogP contribution in [0.2, 0.25) is 0 Å². The fourth-order valence-electron chi connectivity index (χ4n) is 3.53. The van der Waals surface area contributed by atoms with Crippen molar-refractivity contribution in [1.82, 2.24) is 0 Å². The van der Waals surface area contributed by atoms with Crippen molar-refractivity contribution in [2.75, 3.05) is 0 Å². The van der Waals surface area contributed by atoms with Crippen LogP contribution in [0.3, 0.4) is 0 Å². The smallest absolute Gasteiger partial charge is 0.339 e. The fraction of sp³-hybridized carbons (Fsp3) is 0.316. The second-order valence-corrected chi connectivity index (χ2v) is 7.27. The number of aromatic carboxylic acids is 1. The van der Waals surface area contributed by atoms with Gasteiger partial charge in [-0.3, -0.25) is 4.79 Å². The number of allylic oxidation sites excluding steroid dienone is 2. The lowest BCUT2D eigenvalue weighted by Gasteiger charge is -2.37. The molecule has 0 spiro atoms. The Labute approximate surface area is 149 Å². The Morgan fingerprint density at radius 3 is 2.46 bits per heavy atom. The van der Waals surface area contributed by atoms with E-state index in [1.54, 1.807) is 0 Å². The van der Waals surface area contributed by atoms with Crippen LogP contribution in [0, 0.1) is 5.41 Å². The molecule has 1 aromatic rings. The van der Waals surface area contributed by atoms with Crippen LogP contribution >= 0.6 is 0 Å². The highest BCUT2D eigenvalue weighted by Gasteiger charge is 2.45. The molecule has 2 aliphatic rings. The average Bonchev–Trinajstić information content (AvgIpc) is 2.51. The first-order chi connectivity index (χ1) is 12.1. The third-order valence-electron chi connectivity index (χ3n) is 4.60. The maximum Gasteiger partial charge on any atom is 0.339 e. The lowest BCUT2D eigenvalue weighted by atomic mass is 9.70. The van der Waals surface area contributed by atoms with Gasteiger partial charge in [-0.1, -0.05) is 26.0 Å². The number of carboxylic acid groups (broad SMARTS) is 2. The molecule has 26 heavy (non-hydrogen) atoms. The summed E-state index contributed by atoms with van der Waals surface area (Å²) in [4.78, 5) is 35.8. The van der Waals surface area contributed by atoms with Crippen LogP contribution in [0.1, 0.15) is 48.5 Å². The van der Waals surface area contributed by atoms with Crippen molar-refractivity contribution in [1.29, 1.82) is 0 Å². The number of carboxylic acids is 2. The molecular weight excluding hydrogens is 340 g/mol. The number of aliphatic hydroxyl groups is 1. The number of ether oxygens (including phenoxy) is 1. The zero-order valence-corrected chi connectivity index (χ0v) is 14.3. The van der Waals surface area contributed by atoms with E-state index in [0.29, 0.717) is 12.0 Å². The number of aliphatic hydroxyl groups excluding tert-OH is 1. The molecule has 136 valence electrons. The van der Waals surface area contributed by atoms with Crippen molar-refractivity contribution in [3.05, 3.63) is 58.2 Å². The van der Waals surface area contributed by atoms with E-state index in [9.17, 15) is 29.7 Å². The summed E-state index contributed by atoms with van der Waals surface area (Å²) in [6, 6.07) is 5.70. The number of rotatable bonds is 3. The highest BCUT2D eigenvalue weighted by Crippen LogP contribution is 2.48. The first kappa shape index (κ1) is 17.7. The Hall–Kier alpha value is -3.09. The highest BCUT2D eigenvalue weighted by molar-refractivity contribution is 6.03. The van der Waals surface area contributed by atoms with Crippen LogP contribution in [-0.2, 0) is 14.3 Å². The molecule has 7 nitrogen and oxygen atoms in total. The van der Waals surface area contributed by atoms with Gasteiger partial charge in [-0.25, -0.2) is 9.59 Å². The number of ketones is 1. The molecule has 0 aromatic heterocycles. The second-order valence-electron chi connectivity index (χ2n) is 7.27. The Balaban J connectivity index is 2.22. The van der Waals surface area contributed by atoms with E-state index in [4.69, 9.17) is 4.74 Å². The van der Waals surface area contributed by atoms with Gasteiger partial charge >= 0.3 is 11.9 Å². The molecule has 0 amide bonds. The summed E-state index contributed by atoms with van der Waals surface area (Å²) >= 11 is 0. The van der Waals surface area contributed by atoms with Gasteiger partial charge < -0.3 is 20.1 Å². The number of carbonyl (C=O) groups excluding carboxylic acids is 1. The summed E-state index contributed by atoms with van der Waals surface area (Å²) in [5.41, 5.74) is -0.423. The number of benzene rings is 1. The summed E-state index contributed by atoms with van der Waals surface area (Å²) < 4.78 is 5.30. The molecule has 1 aromatic carbocycles. The van der Waals surface area contributed by atoms with Crippen LogP contribution in [0.15, 0.2) is 47.1 Å². The van der Waals surface area contributed by atoms with E-state index < -0.39 is 29.4 Å². The van der Waals surface area contributed by atoms with Gasteiger partial charge in [-0.2, -0.15) is 0 Å². The van der Waals surface area contributed by atoms with Crippen molar-refractivity contribution < 1.29 is 34.4 Å². The zero-order chi connectivity index (χ0) is 19.2. The fourth-order valence-corrected chi connectivity index (χ4v) is 3.53. The molecule has 0 fully saturated rings. The predicted octanol–water partition coefficient (Wildman–Crippen LogP) is 3.00. The summed E-state index contributed by atoms with van der Waals surface area (Å²) in [6.45, 7) is 3.76. The molecule has 1 unspecified atom stereocenters. The maximum absolute atomic E-state index is 12.8. The van der Waals surface area contributed by atoms with E-state index in [0.717, 1.165) is 0 Å². The zero-order valence-electron chi connectivity index (χ0n) is 14.3. The van der Waals surface area contributed by atoms with Crippen molar-refractivity contribution in [3.63, 3.8) is 0 Å². The topological polar surface area (TPSA) is 121 Å². The molecule has 3 N–H and O–H groups in total. The molecule has 1 aliphatic carbocycles. The van der Waals surface area contributed by atoms with E-state index in [1.165, 1.54) is 24.3 Å². The number of aliphatic carboxylic acids is 1. The second kappa shape index (κ2) is 6.01. The summed E-state index contributed by atoms with van der Waals surface area (Å²) in [5.74, 6) is -4.49. The van der Waals surface area contributed by atoms with Crippen LogP contribution in [-0.4, -0.2) is 33.0 Å². The predicted molar refractivity (Wildman–Crippen MR) is 89.6 cm³/mol. The van der Waals surface area contributed by atoms with Gasteiger partial charge in [0.25, 0.3) is 5.95 Å². The molecular formula is C19H18O7. The number of hydrogen-bond acceptors (Lipinski definition) is 5. The molecule has 7 heteroatoms. The Morgan fingerprint density at radius 1 is 1.15 bits per heavy atom. The third-order valence-corrected chi connectivity index (χ3v) is 4.60. The standard InChI is InChI=1S/C19H18O7/c1-19(2)7-11(20)14-12(8-19)26-18(25)15(17(23)24)13(14)9-4-3-5-10(6-9)16(21)22/h3-6,13,25H,7-8H2,1-2H3,(H,21,22)(H,23,24). The minimum atomic E-state index is -1.43. The molecule has 0 saturated heterocycles. The summed E-state index contributed by atoms with van der Waals surface area (Å²) in [6.07, 6.45) is 0.568. The van der Waals surface area contributed by atoms with Gasteiger partial charge in [-0.15, -0.1) is 0 Å². The average molecular weight is 358 g/mol. The molecule has 3 rings (SSSR count). The first-order valence-electron chi connectivity index (χ1n) is 8.04. The van der Waals surface area contributed by atoms with E-state index in [2.05, 4.69) is 0 Å². The van der Waals surface area contributed by atoms with Crippen molar-refractivity contribution in [3.8, 4) is 0 Å². The molecule has 1 heterocycles. The summed E-state index contributed by atoms with van der Waals surface area (Å²) in [5, 5.41) is 28.9. The van der Waals surface area contributed by atoms with Crippen LogP contribution in [0.5, 0.6) is 0 Å². The quantitative estimate of drug-likeness (QED) is 0.759. The van der Waals surface area contributed by atoms with Gasteiger partial charge in [0.15, 0.2) is 5.78 Å². The van der Waals surface area contributed by atoms with Crippen LogP contribution in [0.4, 0.5) is 0 Å². The minimum Gasteiger partial charge on any atom is -0.480 e. The van der Waals surface area contributed by atoms with Crippen molar-refractivity contribution in [2.45, 2.75) is 32.6 Å². The number of Topliss-reactive ketones (excluding diaryl/α,β-unsaturated/α-hetero) is 1. The largest absolute Gasteiger partial charge is 0.480 e. The Bertz CT molecular complexity index is 889. The normalized spacial score (nSPS) is 21.9. The van der Waals surface area contributed by atoms with Crippen LogP contribution in [0.25, 0.3) is 0 Å².